The molecule has 6 nitrogen and oxygen atoms in total. The molecule has 2 rings (SSSR count). The van der Waals surface area contributed by atoms with Gasteiger partial charge in [0.2, 0.25) is 0 Å². The fraction of sp³-hybridized carbons (Fsp3) is 0.176. The quantitative estimate of drug-likeness (QED) is 0.434. The highest BCUT2D eigenvalue weighted by molar-refractivity contribution is 9.10. The minimum Gasteiger partial charge on any atom is -0.503 e. The molecule has 0 saturated heterocycles. The molecule has 0 heterocycles. The minimum atomic E-state index is -0.458. The molecule has 0 aromatic heterocycles. The van der Waals surface area contributed by atoms with Gasteiger partial charge in [-0.2, -0.15) is 5.10 Å². The summed E-state index contributed by atoms with van der Waals surface area (Å²) in [6, 6.07) is 8.33. The summed E-state index contributed by atoms with van der Waals surface area (Å²) in [6.07, 6.45) is 1.46. The van der Waals surface area contributed by atoms with Crippen molar-refractivity contribution in [3.05, 3.63) is 50.4 Å². The lowest BCUT2D eigenvalue weighted by Gasteiger charge is -2.08. The zero-order valence-corrected chi connectivity index (χ0v) is 16.8. The van der Waals surface area contributed by atoms with Crippen molar-refractivity contribution in [3.63, 3.8) is 0 Å². The number of hydrogen-bond donors (Lipinski definition) is 3. The van der Waals surface area contributed by atoms with Crippen LogP contribution in [0.1, 0.15) is 18.1 Å². The molecule has 2 aromatic rings. The van der Waals surface area contributed by atoms with Crippen LogP contribution in [0.4, 0.5) is 10.5 Å². The van der Waals surface area contributed by atoms with Gasteiger partial charge in [0, 0.05) is 10.2 Å². The van der Waals surface area contributed by atoms with Crippen molar-refractivity contribution in [1.29, 1.82) is 0 Å². The molecular weight excluding hydrogens is 454 g/mol. The Morgan fingerprint density at radius 3 is 2.72 bits per heavy atom. The molecule has 2 amide bonds. The monoisotopic (exact) mass is 469 g/mol. The van der Waals surface area contributed by atoms with Crippen LogP contribution in [0.15, 0.2) is 44.4 Å². The SMILES string of the molecule is CCOc1cc(/C=N/NC(=O)Nc2ccc(Br)c(C)c2)cc(Br)c1O. The minimum absolute atomic E-state index is 0.0234. The molecule has 0 aliphatic heterocycles. The number of nitrogens with one attached hydrogen (secondary N) is 2. The van der Waals surface area contributed by atoms with Crippen LogP contribution in [0.25, 0.3) is 0 Å². The number of ether oxygens (including phenoxy) is 1. The number of rotatable bonds is 5. The maximum Gasteiger partial charge on any atom is 0.339 e. The molecule has 25 heavy (non-hydrogen) atoms. The number of carbonyl (C=O) groups excluding carboxylic acids is 1. The van der Waals surface area contributed by atoms with Crippen LogP contribution in [0.2, 0.25) is 0 Å². The summed E-state index contributed by atoms with van der Waals surface area (Å²) in [7, 11) is 0. The van der Waals surface area contributed by atoms with Gasteiger partial charge >= 0.3 is 6.03 Å². The number of nitrogens with zero attached hydrogens (tertiary/aromatic N) is 1. The number of hydrazone groups is 1. The highest BCUT2D eigenvalue weighted by Gasteiger charge is 2.08. The molecule has 0 fully saturated rings. The number of phenols is 1. The third kappa shape index (κ3) is 5.47. The number of aromatic hydroxyl groups is 1. The molecule has 0 radical (unpaired) electrons. The molecule has 2 aromatic carbocycles. The Balaban J connectivity index is 2.00. The van der Waals surface area contributed by atoms with E-state index in [1.54, 1.807) is 18.2 Å². The fourth-order valence-electron chi connectivity index (χ4n) is 1.98. The summed E-state index contributed by atoms with van der Waals surface area (Å²) in [5.41, 5.74) is 4.73. The summed E-state index contributed by atoms with van der Waals surface area (Å²) < 4.78 is 6.79. The normalized spacial score (nSPS) is 10.7. The van der Waals surface area contributed by atoms with Gasteiger partial charge in [-0.25, -0.2) is 10.2 Å². The second-order valence-electron chi connectivity index (χ2n) is 5.07. The van der Waals surface area contributed by atoms with E-state index in [9.17, 15) is 9.90 Å². The molecule has 0 aliphatic carbocycles. The van der Waals surface area contributed by atoms with Crippen molar-refractivity contribution >= 4 is 49.8 Å². The largest absolute Gasteiger partial charge is 0.503 e. The van der Waals surface area contributed by atoms with Gasteiger partial charge in [0.05, 0.1) is 17.3 Å². The molecule has 8 heteroatoms. The standard InChI is InChI=1S/C17H17Br2N3O3/c1-3-25-15-8-11(7-14(19)16(15)23)9-20-22-17(24)21-12-4-5-13(18)10(2)6-12/h4-9,23H,3H2,1-2H3,(H2,21,22,24)/b20-9+. The summed E-state index contributed by atoms with van der Waals surface area (Å²) in [6.45, 7) is 4.18. The van der Waals surface area contributed by atoms with Crippen LogP contribution in [0, 0.1) is 6.92 Å². The first-order valence-electron chi connectivity index (χ1n) is 7.42. The fourth-order valence-corrected chi connectivity index (χ4v) is 2.69. The third-order valence-corrected chi connectivity index (χ3v) is 4.64. The van der Waals surface area contributed by atoms with Crippen LogP contribution < -0.4 is 15.5 Å². The van der Waals surface area contributed by atoms with E-state index >= 15 is 0 Å². The van der Waals surface area contributed by atoms with Crippen LogP contribution in [-0.4, -0.2) is 24.0 Å². The Morgan fingerprint density at radius 1 is 1.28 bits per heavy atom. The van der Waals surface area contributed by atoms with E-state index in [-0.39, 0.29) is 5.75 Å². The smallest absolute Gasteiger partial charge is 0.339 e. The highest BCUT2D eigenvalue weighted by Crippen LogP contribution is 2.35. The Bertz CT molecular complexity index is 810. The van der Waals surface area contributed by atoms with Gasteiger partial charge < -0.3 is 15.2 Å². The number of benzene rings is 2. The van der Waals surface area contributed by atoms with Gasteiger partial charge in [0.1, 0.15) is 0 Å². The van der Waals surface area contributed by atoms with Crippen LogP contribution in [0.3, 0.4) is 0 Å². The van der Waals surface area contributed by atoms with E-state index in [1.165, 1.54) is 6.21 Å². The molecule has 0 saturated carbocycles. The van der Waals surface area contributed by atoms with Gasteiger partial charge in [-0.05, 0) is 71.2 Å². The van der Waals surface area contributed by atoms with Crippen LogP contribution in [-0.2, 0) is 0 Å². The lowest BCUT2D eigenvalue weighted by molar-refractivity contribution is 0.252. The first-order valence-corrected chi connectivity index (χ1v) is 9.00. The van der Waals surface area contributed by atoms with Gasteiger partial charge in [0.25, 0.3) is 0 Å². The Labute approximate surface area is 162 Å². The summed E-state index contributed by atoms with van der Waals surface area (Å²) in [5, 5.41) is 16.5. The number of aryl methyl sites for hydroxylation is 1. The maximum absolute atomic E-state index is 11.9. The number of urea groups is 1. The molecule has 132 valence electrons. The number of anilines is 1. The lowest BCUT2D eigenvalue weighted by atomic mass is 10.2. The number of halogens is 2. The van der Waals surface area contributed by atoms with Gasteiger partial charge in [-0.1, -0.05) is 15.9 Å². The van der Waals surface area contributed by atoms with Crippen molar-refractivity contribution in [2.75, 3.05) is 11.9 Å². The summed E-state index contributed by atoms with van der Waals surface area (Å²) in [5.74, 6) is 0.364. The topological polar surface area (TPSA) is 83.0 Å². The average Bonchev–Trinajstić information content (AvgIpc) is 2.56. The van der Waals surface area contributed by atoms with Crippen molar-refractivity contribution in [2.24, 2.45) is 5.10 Å². The van der Waals surface area contributed by atoms with E-state index in [0.29, 0.717) is 28.1 Å². The van der Waals surface area contributed by atoms with Gasteiger partial charge in [0.15, 0.2) is 11.5 Å². The van der Waals surface area contributed by atoms with Crippen LogP contribution >= 0.6 is 31.9 Å². The molecule has 0 bridgehead atoms. The molecule has 0 unspecified atom stereocenters. The molecule has 0 spiro atoms. The van der Waals surface area contributed by atoms with E-state index < -0.39 is 6.03 Å². The van der Waals surface area contributed by atoms with Crippen molar-refractivity contribution in [1.82, 2.24) is 5.43 Å². The Kier molecular flexibility index (Phi) is 6.83. The van der Waals surface area contributed by atoms with Crippen molar-refractivity contribution < 1.29 is 14.6 Å². The Hall–Kier alpha value is -2.06. The van der Waals surface area contributed by atoms with Crippen LogP contribution in [0.5, 0.6) is 11.5 Å². The number of phenolic OH excluding ortho intramolecular Hbond substituents is 1. The maximum atomic E-state index is 11.9. The van der Waals surface area contributed by atoms with E-state index in [0.717, 1.165) is 10.0 Å². The van der Waals surface area contributed by atoms with Gasteiger partial charge in [-0.15, -0.1) is 0 Å². The second kappa shape index (κ2) is 8.87. The third-order valence-electron chi connectivity index (χ3n) is 3.15. The predicted octanol–water partition coefficient (Wildman–Crippen LogP) is 4.78. The molecule has 0 aliphatic rings. The van der Waals surface area contributed by atoms with Crippen molar-refractivity contribution in [2.45, 2.75) is 13.8 Å². The van der Waals surface area contributed by atoms with E-state index in [1.807, 2.05) is 26.0 Å². The second-order valence-corrected chi connectivity index (χ2v) is 6.78. The zero-order chi connectivity index (χ0) is 18.4. The lowest BCUT2D eigenvalue weighted by Crippen LogP contribution is -2.24. The Morgan fingerprint density at radius 2 is 2.04 bits per heavy atom. The van der Waals surface area contributed by atoms with Gasteiger partial charge in [-0.3, -0.25) is 0 Å². The average molecular weight is 471 g/mol. The summed E-state index contributed by atoms with van der Waals surface area (Å²) >= 11 is 6.66. The number of amides is 2. The highest BCUT2D eigenvalue weighted by atomic mass is 79.9. The number of carbonyl (C=O) groups is 1. The molecule has 0 atom stereocenters. The van der Waals surface area contributed by atoms with E-state index in [2.05, 4.69) is 47.7 Å². The zero-order valence-electron chi connectivity index (χ0n) is 13.6. The number of hydrogen-bond acceptors (Lipinski definition) is 4. The van der Waals surface area contributed by atoms with E-state index in [4.69, 9.17) is 4.74 Å². The first-order chi connectivity index (χ1) is 11.9. The molecular formula is C17H17Br2N3O3. The summed E-state index contributed by atoms with van der Waals surface area (Å²) in [4.78, 5) is 11.9. The van der Waals surface area contributed by atoms with Crippen molar-refractivity contribution in [3.8, 4) is 11.5 Å². The predicted molar refractivity (Wildman–Crippen MR) is 106 cm³/mol. The molecule has 3 N–H and O–H groups in total. The first kappa shape index (κ1) is 19.3.